The largest absolute Gasteiger partial charge is 0.508 e. The number of aryl methyl sites for hydroxylation is 1. The van der Waals surface area contributed by atoms with E-state index in [9.17, 15) is 10.2 Å². The minimum atomic E-state index is -0.395. The monoisotopic (exact) mass is 501 g/mol. The molecule has 1 atom stereocenters. The number of fused-ring (bicyclic) bond motifs is 1. The lowest BCUT2D eigenvalue weighted by Gasteiger charge is -2.43. The SMILES string of the molecule is CCc1cc(O)ccc1-c1ccc2c(-c3ncc(C4=CCCN(C(C)C5CC(O)C5)C4)[nH]3)[nH]nc2c1F. The molecule has 7 nitrogen and oxygen atoms in total. The standard InChI is InChI=1S/C29H32FN5O2/c1-3-17-11-20(36)6-7-22(17)23-8-9-24-27(26(23)30)33-34-28(24)29-31-14-25(32-29)18-5-4-10-35(15-18)16(2)19-12-21(37)13-19/h5-9,11,14,16,19,21,36-37H,3-4,10,12-13,15H2,1-2H3,(H,31,32)(H,33,34). The second-order valence-electron chi connectivity index (χ2n) is 10.4. The van der Waals surface area contributed by atoms with Crippen molar-refractivity contribution in [3.05, 3.63) is 59.7 Å². The second kappa shape index (κ2) is 9.43. The van der Waals surface area contributed by atoms with Crippen molar-refractivity contribution in [2.24, 2.45) is 5.92 Å². The summed E-state index contributed by atoms with van der Waals surface area (Å²) in [6.07, 6.45) is 7.39. The van der Waals surface area contributed by atoms with E-state index in [1.165, 1.54) is 5.57 Å². The van der Waals surface area contributed by atoms with Gasteiger partial charge in [0.25, 0.3) is 0 Å². The van der Waals surface area contributed by atoms with Crippen LogP contribution >= 0.6 is 0 Å². The van der Waals surface area contributed by atoms with Crippen LogP contribution in [0.25, 0.3) is 39.1 Å². The van der Waals surface area contributed by atoms with Crippen LogP contribution in [0.1, 0.15) is 44.4 Å². The van der Waals surface area contributed by atoms with Gasteiger partial charge in [0.05, 0.1) is 18.0 Å². The third-order valence-corrected chi connectivity index (χ3v) is 8.17. The van der Waals surface area contributed by atoms with Crippen molar-refractivity contribution >= 4 is 16.5 Å². The predicted molar refractivity (Wildman–Crippen MR) is 142 cm³/mol. The van der Waals surface area contributed by atoms with E-state index in [0.717, 1.165) is 49.2 Å². The zero-order valence-electron chi connectivity index (χ0n) is 21.1. The van der Waals surface area contributed by atoms with Crippen LogP contribution < -0.4 is 0 Å². The Labute approximate surface area is 215 Å². The summed E-state index contributed by atoms with van der Waals surface area (Å²) in [4.78, 5) is 10.5. The van der Waals surface area contributed by atoms with E-state index in [4.69, 9.17) is 0 Å². The maximum absolute atomic E-state index is 15.6. The fraction of sp³-hybridized carbons (Fsp3) is 0.379. The molecule has 4 N–H and O–H groups in total. The number of nitrogens with one attached hydrogen (secondary N) is 2. The summed E-state index contributed by atoms with van der Waals surface area (Å²) in [5.41, 5.74) is 5.17. The number of hydrogen-bond acceptors (Lipinski definition) is 5. The molecule has 2 aromatic carbocycles. The number of aromatic nitrogens is 4. The van der Waals surface area contributed by atoms with Gasteiger partial charge in [-0.3, -0.25) is 10.00 Å². The highest BCUT2D eigenvalue weighted by Crippen LogP contribution is 2.36. The van der Waals surface area contributed by atoms with Crippen molar-refractivity contribution in [1.82, 2.24) is 25.1 Å². The highest BCUT2D eigenvalue weighted by molar-refractivity contribution is 5.95. The number of benzene rings is 2. The summed E-state index contributed by atoms with van der Waals surface area (Å²) in [5, 5.41) is 27.5. The van der Waals surface area contributed by atoms with E-state index in [0.29, 0.717) is 40.8 Å². The lowest BCUT2D eigenvalue weighted by Crippen LogP contribution is -2.47. The van der Waals surface area contributed by atoms with Crippen LogP contribution in [0.4, 0.5) is 4.39 Å². The molecule has 192 valence electrons. The molecule has 3 heterocycles. The van der Waals surface area contributed by atoms with Crippen molar-refractivity contribution in [3.8, 4) is 28.4 Å². The van der Waals surface area contributed by atoms with Gasteiger partial charge in [-0.15, -0.1) is 0 Å². The maximum atomic E-state index is 15.6. The van der Waals surface area contributed by atoms with Crippen molar-refractivity contribution in [1.29, 1.82) is 0 Å². The van der Waals surface area contributed by atoms with Gasteiger partial charge in [0.15, 0.2) is 11.6 Å². The van der Waals surface area contributed by atoms with Crippen LogP contribution in [-0.2, 0) is 6.42 Å². The van der Waals surface area contributed by atoms with Crippen molar-refractivity contribution in [2.45, 2.75) is 51.7 Å². The topological polar surface area (TPSA) is 101 Å². The smallest absolute Gasteiger partial charge is 0.159 e. The number of hydrogen-bond donors (Lipinski definition) is 4. The molecule has 4 aromatic rings. The molecule has 8 heteroatoms. The Bertz CT molecular complexity index is 1480. The van der Waals surface area contributed by atoms with Gasteiger partial charge in [0, 0.05) is 30.1 Å². The fourth-order valence-corrected chi connectivity index (χ4v) is 5.81. The highest BCUT2D eigenvalue weighted by atomic mass is 19.1. The van der Waals surface area contributed by atoms with E-state index in [2.05, 4.69) is 38.1 Å². The number of imidazole rings is 1. The Balaban J connectivity index is 1.27. The normalized spacial score (nSPS) is 21.1. The van der Waals surface area contributed by atoms with Gasteiger partial charge >= 0.3 is 0 Å². The number of H-pyrrole nitrogens is 2. The molecule has 1 aliphatic heterocycles. The van der Waals surface area contributed by atoms with Crippen LogP contribution in [0, 0.1) is 11.7 Å². The molecule has 0 radical (unpaired) electrons. The zero-order chi connectivity index (χ0) is 25.7. The number of rotatable bonds is 6. The van der Waals surface area contributed by atoms with E-state index < -0.39 is 5.82 Å². The third-order valence-electron chi connectivity index (χ3n) is 8.17. The molecule has 1 unspecified atom stereocenters. The Hall–Kier alpha value is -3.49. The molecule has 0 saturated heterocycles. The van der Waals surface area contributed by atoms with Crippen LogP contribution in [0.3, 0.4) is 0 Å². The molecule has 1 fully saturated rings. The summed E-state index contributed by atoms with van der Waals surface area (Å²) >= 11 is 0. The van der Waals surface area contributed by atoms with Crippen molar-refractivity contribution in [2.75, 3.05) is 13.1 Å². The molecule has 0 bridgehead atoms. The number of aliphatic hydroxyl groups excluding tert-OH is 1. The van der Waals surface area contributed by atoms with E-state index >= 15 is 4.39 Å². The molecule has 1 saturated carbocycles. The molecule has 0 amide bonds. The second-order valence-corrected chi connectivity index (χ2v) is 10.4. The van der Waals surface area contributed by atoms with Gasteiger partial charge in [-0.05, 0) is 73.4 Å². The number of aromatic amines is 2. The van der Waals surface area contributed by atoms with Gasteiger partial charge in [0.1, 0.15) is 17.0 Å². The summed E-state index contributed by atoms with van der Waals surface area (Å²) in [5.74, 6) is 0.952. The number of nitrogens with zero attached hydrogens (tertiary/aromatic N) is 3. The lowest BCUT2D eigenvalue weighted by molar-refractivity contribution is -0.000128. The fourth-order valence-electron chi connectivity index (χ4n) is 5.81. The molecule has 2 aliphatic rings. The molecule has 2 aromatic heterocycles. The Morgan fingerprint density at radius 2 is 2.00 bits per heavy atom. The van der Waals surface area contributed by atoms with Crippen molar-refractivity contribution < 1.29 is 14.6 Å². The summed E-state index contributed by atoms with van der Waals surface area (Å²) < 4.78 is 15.6. The van der Waals surface area contributed by atoms with Crippen molar-refractivity contribution in [3.63, 3.8) is 0 Å². The predicted octanol–water partition coefficient (Wildman–Crippen LogP) is 5.28. The molecular weight excluding hydrogens is 469 g/mol. The first-order valence-electron chi connectivity index (χ1n) is 13.1. The summed E-state index contributed by atoms with van der Waals surface area (Å²) in [7, 11) is 0. The van der Waals surface area contributed by atoms with Crippen LogP contribution in [0.5, 0.6) is 5.75 Å². The first-order valence-corrected chi connectivity index (χ1v) is 13.1. The number of halogens is 1. The minimum Gasteiger partial charge on any atom is -0.508 e. The first-order chi connectivity index (χ1) is 17.9. The van der Waals surface area contributed by atoms with E-state index in [-0.39, 0.29) is 17.4 Å². The Morgan fingerprint density at radius 3 is 2.78 bits per heavy atom. The van der Waals surface area contributed by atoms with Crippen LogP contribution in [-0.4, -0.2) is 60.5 Å². The zero-order valence-corrected chi connectivity index (χ0v) is 21.1. The third kappa shape index (κ3) is 4.24. The molecule has 6 rings (SSSR count). The number of aliphatic hydroxyl groups is 1. The average molecular weight is 502 g/mol. The first kappa shape index (κ1) is 23.9. The van der Waals surface area contributed by atoms with E-state index in [1.54, 1.807) is 24.3 Å². The van der Waals surface area contributed by atoms with E-state index in [1.807, 2.05) is 19.2 Å². The Morgan fingerprint density at radius 1 is 1.19 bits per heavy atom. The molecule has 0 spiro atoms. The van der Waals surface area contributed by atoms with Gasteiger partial charge in [0.2, 0.25) is 0 Å². The maximum Gasteiger partial charge on any atom is 0.159 e. The number of phenolic OH excluding ortho intramolecular Hbond substituents is 1. The molecular formula is C29H32FN5O2. The minimum absolute atomic E-state index is 0.137. The Kier molecular flexibility index (Phi) is 6.09. The summed E-state index contributed by atoms with van der Waals surface area (Å²) in [6, 6.07) is 9.08. The van der Waals surface area contributed by atoms with Gasteiger partial charge < -0.3 is 15.2 Å². The molecule has 37 heavy (non-hydrogen) atoms. The quantitative estimate of drug-likeness (QED) is 0.288. The molecule has 1 aliphatic carbocycles. The van der Waals surface area contributed by atoms with Crippen LogP contribution in [0.2, 0.25) is 0 Å². The average Bonchev–Trinajstić information content (AvgIpc) is 3.55. The number of phenols is 1. The number of aromatic hydroxyl groups is 1. The highest BCUT2D eigenvalue weighted by Gasteiger charge is 2.35. The van der Waals surface area contributed by atoms with Gasteiger partial charge in [-0.1, -0.05) is 25.1 Å². The van der Waals surface area contributed by atoms with Gasteiger partial charge in [-0.25, -0.2) is 9.37 Å². The summed E-state index contributed by atoms with van der Waals surface area (Å²) in [6.45, 7) is 6.10. The van der Waals surface area contributed by atoms with Gasteiger partial charge in [-0.2, -0.15) is 5.10 Å². The van der Waals surface area contributed by atoms with Crippen LogP contribution in [0.15, 0.2) is 42.6 Å². The lowest BCUT2D eigenvalue weighted by atomic mass is 9.77.